The molecule has 4 heteroatoms. The molecule has 1 rings (SSSR count). The van der Waals surface area contributed by atoms with Crippen LogP contribution < -0.4 is 5.73 Å². The fraction of sp³-hybridized carbons (Fsp3) is 0.889. The van der Waals surface area contributed by atoms with Crippen molar-refractivity contribution in [3.8, 4) is 0 Å². The number of hydrogen-bond donors (Lipinski definition) is 1. The predicted molar refractivity (Wildman–Crippen MR) is 52.4 cm³/mol. The summed E-state index contributed by atoms with van der Waals surface area (Å²) in [5.74, 6) is -0.219. The van der Waals surface area contributed by atoms with Crippen molar-refractivity contribution < 1.29 is 4.79 Å². The van der Waals surface area contributed by atoms with Crippen molar-refractivity contribution in [2.75, 3.05) is 39.3 Å². The number of carbonyl (C=O) groups is 1. The van der Waals surface area contributed by atoms with E-state index in [1.165, 1.54) is 13.0 Å². The second-order valence-electron chi connectivity index (χ2n) is 3.58. The lowest BCUT2D eigenvalue weighted by Gasteiger charge is -2.33. The number of piperazine rings is 1. The molecule has 0 unspecified atom stereocenters. The van der Waals surface area contributed by atoms with Gasteiger partial charge in [0, 0.05) is 26.2 Å². The highest BCUT2D eigenvalue weighted by atomic mass is 16.1. The first-order valence-corrected chi connectivity index (χ1v) is 4.95. The highest BCUT2D eigenvalue weighted by Gasteiger charge is 2.16. The Kier molecular flexibility index (Phi) is 4.18. The molecule has 1 amide bonds. The molecule has 76 valence electrons. The van der Waals surface area contributed by atoms with Crippen LogP contribution in [0.1, 0.15) is 13.3 Å². The number of nitrogens with zero attached hydrogens (tertiary/aromatic N) is 2. The van der Waals surface area contributed by atoms with Crippen LogP contribution in [0.25, 0.3) is 0 Å². The molecule has 1 fully saturated rings. The second kappa shape index (κ2) is 5.19. The minimum Gasteiger partial charge on any atom is -0.369 e. The quantitative estimate of drug-likeness (QED) is 0.642. The molecule has 0 saturated carbocycles. The van der Waals surface area contributed by atoms with Crippen molar-refractivity contribution in [1.82, 2.24) is 9.80 Å². The second-order valence-corrected chi connectivity index (χ2v) is 3.58. The van der Waals surface area contributed by atoms with Gasteiger partial charge in [-0.2, -0.15) is 0 Å². The summed E-state index contributed by atoms with van der Waals surface area (Å²) >= 11 is 0. The first-order valence-electron chi connectivity index (χ1n) is 4.95. The highest BCUT2D eigenvalue weighted by Crippen LogP contribution is 2.01. The van der Waals surface area contributed by atoms with Gasteiger partial charge in [-0.05, 0) is 13.0 Å². The van der Waals surface area contributed by atoms with Crippen LogP contribution in [0.2, 0.25) is 0 Å². The Balaban J connectivity index is 2.18. The number of primary amides is 1. The number of hydrogen-bond acceptors (Lipinski definition) is 3. The van der Waals surface area contributed by atoms with Crippen molar-refractivity contribution in [1.29, 1.82) is 0 Å². The minimum atomic E-state index is -0.219. The normalized spacial score (nSPS) is 20.4. The minimum absolute atomic E-state index is 0.219. The van der Waals surface area contributed by atoms with Crippen molar-refractivity contribution in [3.05, 3.63) is 0 Å². The Morgan fingerprint density at radius 2 is 1.77 bits per heavy atom. The molecule has 0 spiro atoms. The molecular weight excluding hydrogens is 166 g/mol. The van der Waals surface area contributed by atoms with Gasteiger partial charge in [-0.1, -0.05) is 6.92 Å². The summed E-state index contributed by atoms with van der Waals surface area (Å²) in [5.41, 5.74) is 5.12. The summed E-state index contributed by atoms with van der Waals surface area (Å²) in [5, 5.41) is 0. The van der Waals surface area contributed by atoms with Gasteiger partial charge in [-0.15, -0.1) is 0 Å². The van der Waals surface area contributed by atoms with Crippen LogP contribution in [0.5, 0.6) is 0 Å². The maximum Gasteiger partial charge on any atom is 0.231 e. The molecule has 0 aromatic heterocycles. The van der Waals surface area contributed by atoms with E-state index >= 15 is 0 Å². The Morgan fingerprint density at radius 1 is 1.23 bits per heavy atom. The van der Waals surface area contributed by atoms with E-state index in [1.807, 2.05) is 0 Å². The van der Waals surface area contributed by atoms with Crippen LogP contribution in [-0.4, -0.2) is 55.0 Å². The molecule has 0 aromatic rings. The van der Waals surface area contributed by atoms with E-state index in [-0.39, 0.29) is 5.91 Å². The Labute approximate surface area is 79.7 Å². The van der Waals surface area contributed by atoms with Crippen molar-refractivity contribution in [3.63, 3.8) is 0 Å². The summed E-state index contributed by atoms with van der Waals surface area (Å²) in [4.78, 5) is 15.2. The topological polar surface area (TPSA) is 49.6 Å². The van der Waals surface area contributed by atoms with Crippen LogP contribution >= 0.6 is 0 Å². The SMILES string of the molecule is CCCN1CCN(CC(N)=O)CC1. The molecule has 13 heavy (non-hydrogen) atoms. The number of rotatable bonds is 4. The Hall–Kier alpha value is -0.610. The Bertz CT molecular complexity index is 164. The van der Waals surface area contributed by atoms with Gasteiger partial charge < -0.3 is 10.6 Å². The third-order valence-corrected chi connectivity index (χ3v) is 2.38. The van der Waals surface area contributed by atoms with Crippen LogP contribution in [0, 0.1) is 0 Å². The van der Waals surface area contributed by atoms with Crippen molar-refractivity contribution in [2.24, 2.45) is 5.73 Å². The number of nitrogens with two attached hydrogens (primary N) is 1. The molecule has 0 atom stereocenters. The summed E-state index contributed by atoms with van der Waals surface area (Å²) in [7, 11) is 0. The molecule has 1 saturated heterocycles. The van der Waals surface area contributed by atoms with Crippen LogP contribution in [0.3, 0.4) is 0 Å². The van der Waals surface area contributed by atoms with Crippen molar-refractivity contribution >= 4 is 5.91 Å². The summed E-state index contributed by atoms with van der Waals surface area (Å²) in [6, 6.07) is 0. The average Bonchev–Trinajstić information content (AvgIpc) is 2.08. The van der Waals surface area contributed by atoms with Gasteiger partial charge in [-0.3, -0.25) is 9.69 Å². The van der Waals surface area contributed by atoms with E-state index in [1.54, 1.807) is 0 Å². The van der Waals surface area contributed by atoms with E-state index in [4.69, 9.17) is 5.73 Å². The summed E-state index contributed by atoms with van der Waals surface area (Å²) in [6.07, 6.45) is 1.20. The average molecular weight is 185 g/mol. The van der Waals surface area contributed by atoms with Crippen LogP contribution in [-0.2, 0) is 4.79 Å². The van der Waals surface area contributed by atoms with Gasteiger partial charge in [0.05, 0.1) is 6.54 Å². The molecule has 1 aliphatic heterocycles. The van der Waals surface area contributed by atoms with E-state index in [9.17, 15) is 4.79 Å². The zero-order chi connectivity index (χ0) is 9.68. The van der Waals surface area contributed by atoms with Gasteiger partial charge in [0.25, 0.3) is 0 Å². The smallest absolute Gasteiger partial charge is 0.231 e. The molecular formula is C9H19N3O. The monoisotopic (exact) mass is 185 g/mol. The van der Waals surface area contributed by atoms with E-state index in [2.05, 4.69) is 16.7 Å². The zero-order valence-corrected chi connectivity index (χ0v) is 8.33. The van der Waals surface area contributed by atoms with E-state index in [0.717, 1.165) is 26.2 Å². The lowest BCUT2D eigenvalue weighted by Crippen LogP contribution is -2.48. The fourth-order valence-corrected chi connectivity index (χ4v) is 1.71. The van der Waals surface area contributed by atoms with Gasteiger partial charge in [0.15, 0.2) is 0 Å². The van der Waals surface area contributed by atoms with Gasteiger partial charge in [0.2, 0.25) is 5.91 Å². The van der Waals surface area contributed by atoms with E-state index < -0.39 is 0 Å². The first-order chi connectivity index (χ1) is 6.22. The molecule has 0 radical (unpaired) electrons. The molecule has 4 nitrogen and oxygen atoms in total. The molecule has 1 heterocycles. The maximum atomic E-state index is 10.6. The largest absolute Gasteiger partial charge is 0.369 e. The Morgan fingerprint density at radius 3 is 2.23 bits per heavy atom. The molecule has 2 N–H and O–H groups in total. The molecule has 0 aromatic carbocycles. The number of carbonyl (C=O) groups excluding carboxylic acids is 1. The first kappa shape index (κ1) is 10.5. The lowest BCUT2D eigenvalue weighted by atomic mass is 10.3. The molecule has 0 bridgehead atoms. The zero-order valence-electron chi connectivity index (χ0n) is 8.33. The maximum absolute atomic E-state index is 10.6. The van der Waals surface area contributed by atoms with Crippen molar-refractivity contribution in [2.45, 2.75) is 13.3 Å². The fourth-order valence-electron chi connectivity index (χ4n) is 1.71. The third kappa shape index (κ3) is 3.74. The van der Waals surface area contributed by atoms with Gasteiger partial charge in [-0.25, -0.2) is 0 Å². The standard InChI is InChI=1S/C9H19N3O/c1-2-3-11-4-6-12(7-5-11)8-9(10)13/h2-8H2,1H3,(H2,10,13). The number of amides is 1. The van der Waals surface area contributed by atoms with E-state index in [0.29, 0.717) is 6.54 Å². The van der Waals surface area contributed by atoms with Crippen LogP contribution in [0.15, 0.2) is 0 Å². The summed E-state index contributed by atoms with van der Waals surface area (Å²) in [6.45, 7) is 7.87. The van der Waals surface area contributed by atoms with Gasteiger partial charge in [0.1, 0.15) is 0 Å². The molecule has 1 aliphatic rings. The molecule has 0 aliphatic carbocycles. The summed E-state index contributed by atoms with van der Waals surface area (Å²) < 4.78 is 0. The van der Waals surface area contributed by atoms with Gasteiger partial charge >= 0.3 is 0 Å². The predicted octanol–water partition coefficient (Wildman–Crippen LogP) is -0.501. The lowest BCUT2D eigenvalue weighted by molar-refractivity contribution is -0.119. The van der Waals surface area contributed by atoms with Crippen LogP contribution in [0.4, 0.5) is 0 Å². The third-order valence-electron chi connectivity index (χ3n) is 2.38. The highest BCUT2D eigenvalue weighted by molar-refractivity contribution is 5.75.